The first kappa shape index (κ1) is 22.0. The fraction of sp³-hybridized carbons (Fsp3) is 0.238. The van der Waals surface area contributed by atoms with Crippen LogP contribution in [0.1, 0.15) is 37.6 Å². The number of benzene rings is 2. The van der Waals surface area contributed by atoms with Crippen LogP contribution in [0.3, 0.4) is 0 Å². The molecule has 3 rings (SSSR count). The van der Waals surface area contributed by atoms with E-state index in [1.54, 1.807) is 30.3 Å². The fourth-order valence-electron chi connectivity index (χ4n) is 2.76. The standard InChI is InChI=1S/C21H19BrClN3O4/c1-3-12(2)20-25-17-6-5-14(22)9-15(17)21(29)26(20)24-10-13-4-7-18(16(23)8-13)30-11-19(27)28/h4-10,12H,3,11H2,1-2H3,(H,27,28)/t12-/m0/s1. The van der Waals surface area contributed by atoms with E-state index in [1.165, 1.54) is 10.9 Å². The van der Waals surface area contributed by atoms with Crippen LogP contribution < -0.4 is 10.3 Å². The average Bonchev–Trinajstić information content (AvgIpc) is 2.72. The van der Waals surface area contributed by atoms with Crippen LogP contribution in [0.2, 0.25) is 5.02 Å². The van der Waals surface area contributed by atoms with E-state index in [0.29, 0.717) is 22.3 Å². The molecular weight excluding hydrogens is 474 g/mol. The molecule has 1 N–H and O–H groups in total. The molecule has 0 fully saturated rings. The summed E-state index contributed by atoms with van der Waals surface area (Å²) in [6, 6.07) is 10.2. The van der Waals surface area contributed by atoms with E-state index in [-0.39, 0.29) is 22.2 Å². The summed E-state index contributed by atoms with van der Waals surface area (Å²) < 4.78 is 7.21. The van der Waals surface area contributed by atoms with Gasteiger partial charge in [-0.1, -0.05) is 41.4 Å². The van der Waals surface area contributed by atoms with Gasteiger partial charge in [0.15, 0.2) is 6.61 Å². The van der Waals surface area contributed by atoms with Crippen molar-refractivity contribution in [2.45, 2.75) is 26.2 Å². The zero-order valence-corrected chi connectivity index (χ0v) is 18.6. The number of hydrogen-bond donors (Lipinski definition) is 1. The lowest BCUT2D eigenvalue weighted by Gasteiger charge is -2.14. The van der Waals surface area contributed by atoms with Gasteiger partial charge in [-0.25, -0.2) is 9.78 Å². The number of aromatic nitrogens is 2. The monoisotopic (exact) mass is 491 g/mol. The summed E-state index contributed by atoms with van der Waals surface area (Å²) in [6.45, 7) is 3.52. The number of fused-ring (bicyclic) bond motifs is 1. The van der Waals surface area contributed by atoms with E-state index in [9.17, 15) is 9.59 Å². The van der Waals surface area contributed by atoms with Gasteiger partial charge >= 0.3 is 5.97 Å². The molecule has 2 aromatic carbocycles. The molecule has 0 aliphatic carbocycles. The number of nitrogens with zero attached hydrogens (tertiary/aromatic N) is 3. The summed E-state index contributed by atoms with van der Waals surface area (Å²) >= 11 is 9.55. The highest BCUT2D eigenvalue weighted by molar-refractivity contribution is 9.10. The summed E-state index contributed by atoms with van der Waals surface area (Å²) in [5.74, 6) is -0.241. The average molecular weight is 493 g/mol. The maximum absolute atomic E-state index is 13.1. The number of halogens is 2. The highest BCUT2D eigenvalue weighted by Crippen LogP contribution is 2.25. The van der Waals surface area contributed by atoms with Crippen LogP contribution in [0.4, 0.5) is 0 Å². The van der Waals surface area contributed by atoms with E-state index in [2.05, 4.69) is 26.0 Å². The zero-order chi connectivity index (χ0) is 21.8. The number of aliphatic carboxylic acids is 1. The second kappa shape index (κ2) is 9.40. The summed E-state index contributed by atoms with van der Waals surface area (Å²) in [7, 11) is 0. The van der Waals surface area contributed by atoms with Crippen LogP contribution in [0.25, 0.3) is 10.9 Å². The SMILES string of the molecule is CC[C@H](C)c1nc2ccc(Br)cc2c(=O)n1N=Cc1ccc(OCC(=O)O)c(Cl)c1. The van der Waals surface area contributed by atoms with E-state index in [4.69, 9.17) is 21.4 Å². The molecule has 0 aliphatic rings. The van der Waals surface area contributed by atoms with Crippen LogP contribution in [0, 0.1) is 0 Å². The summed E-state index contributed by atoms with van der Waals surface area (Å²) in [5.41, 5.74) is 0.979. The Bertz CT molecular complexity index is 1190. The zero-order valence-electron chi connectivity index (χ0n) is 16.3. The molecule has 0 saturated heterocycles. The molecule has 0 saturated carbocycles. The number of ether oxygens (including phenoxy) is 1. The molecule has 1 atom stereocenters. The summed E-state index contributed by atoms with van der Waals surface area (Å²) in [6.07, 6.45) is 2.30. The van der Waals surface area contributed by atoms with Crippen molar-refractivity contribution < 1.29 is 14.6 Å². The Morgan fingerprint density at radius 3 is 2.80 bits per heavy atom. The highest BCUT2D eigenvalue weighted by Gasteiger charge is 2.15. The maximum atomic E-state index is 13.1. The Labute approximate surface area is 186 Å². The van der Waals surface area contributed by atoms with Gasteiger partial charge in [-0.2, -0.15) is 9.78 Å². The molecule has 0 bridgehead atoms. The van der Waals surface area contributed by atoms with Crippen LogP contribution in [-0.4, -0.2) is 33.6 Å². The Morgan fingerprint density at radius 2 is 2.13 bits per heavy atom. The minimum Gasteiger partial charge on any atom is -0.480 e. The van der Waals surface area contributed by atoms with E-state index >= 15 is 0 Å². The minimum atomic E-state index is -1.09. The molecule has 0 spiro atoms. The molecule has 1 aromatic heterocycles. The van der Waals surface area contributed by atoms with E-state index < -0.39 is 12.6 Å². The molecule has 30 heavy (non-hydrogen) atoms. The predicted molar refractivity (Wildman–Crippen MR) is 120 cm³/mol. The van der Waals surface area contributed by atoms with E-state index in [1.807, 2.05) is 19.9 Å². The largest absolute Gasteiger partial charge is 0.480 e. The smallest absolute Gasteiger partial charge is 0.341 e. The van der Waals surface area contributed by atoms with Crippen LogP contribution in [0.15, 0.2) is 50.8 Å². The highest BCUT2D eigenvalue weighted by atomic mass is 79.9. The molecule has 0 aliphatic heterocycles. The van der Waals surface area contributed by atoms with Gasteiger partial charge in [-0.15, -0.1) is 0 Å². The number of carbonyl (C=O) groups is 1. The van der Waals surface area contributed by atoms with Crippen LogP contribution in [0.5, 0.6) is 5.75 Å². The lowest BCUT2D eigenvalue weighted by Crippen LogP contribution is -2.23. The third-order valence-electron chi connectivity index (χ3n) is 4.52. The first-order valence-corrected chi connectivity index (χ1v) is 10.4. The van der Waals surface area contributed by atoms with Gasteiger partial charge in [0.25, 0.3) is 5.56 Å². The molecule has 0 radical (unpaired) electrons. The third-order valence-corrected chi connectivity index (χ3v) is 5.30. The summed E-state index contributed by atoms with van der Waals surface area (Å²) in [5, 5.41) is 13.8. The number of hydrogen-bond acceptors (Lipinski definition) is 5. The van der Waals surface area contributed by atoms with Crippen molar-refractivity contribution in [3.8, 4) is 5.75 Å². The van der Waals surface area contributed by atoms with Crippen molar-refractivity contribution in [1.29, 1.82) is 0 Å². The molecule has 0 amide bonds. The van der Waals surface area contributed by atoms with Gasteiger partial charge in [-0.05, 0) is 48.4 Å². The fourth-order valence-corrected chi connectivity index (χ4v) is 3.36. The van der Waals surface area contributed by atoms with Gasteiger partial charge < -0.3 is 9.84 Å². The molecule has 9 heteroatoms. The van der Waals surface area contributed by atoms with Gasteiger partial charge in [0.05, 0.1) is 22.1 Å². The first-order valence-electron chi connectivity index (χ1n) is 9.20. The van der Waals surface area contributed by atoms with Crippen molar-refractivity contribution in [2.75, 3.05) is 6.61 Å². The Kier molecular flexibility index (Phi) is 6.89. The summed E-state index contributed by atoms with van der Waals surface area (Å²) in [4.78, 5) is 28.4. The Balaban J connectivity index is 2.02. The van der Waals surface area contributed by atoms with Gasteiger partial charge in [0.2, 0.25) is 0 Å². The number of rotatable bonds is 7. The molecule has 3 aromatic rings. The molecule has 156 valence electrons. The quantitative estimate of drug-likeness (QED) is 0.484. The van der Waals surface area contributed by atoms with Crippen molar-refractivity contribution in [3.63, 3.8) is 0 Å². The predicted octanol–water partition coefficient (Wildman–Crippen LogP) is 4.67. The number of carboxylic acids is 1. The molecular formula is C21H19BrClN3O4. The van der Waals surface area contributed by atoms with Crippen molar-refractivity contribution in [2.24, 2.45) is 5.10 Å². The van der Waals surface area contributed by atoms with E-state index in [0.717, 1.165) is 10.9 Å². The van der Waals surface area contributed by atoms with Crippen LogP contribution in [-0.2, 0) is 4.79 Å². The van der Waals surface area contributed by atoms with Gasteiger partial charge in [-0.3, -0.25) is 4.79 Å². The van der Waals surface area contributed by atoms with Gasteiger partial charge in [0, 0.05) is 10.4 Å². The minimum absolute atomic E-state index is 0.0262. The Morgan fingerprint density at radius 1 is 1.37 bits per heavy atom. The maximum Gasteiger partial charge on any atom is 0.341 e. The van der Waals surface area contributed by atoms with Crippen LogP contribution >= 0.6 is 27.5 Å². The molecule has 0 unspecified atom stereocenters. The normalized spacial score (nSPS) is 12.4. The topological polar surface area (TPSA) is 93.8 Å². The number of carboxylic acid groups (broad SMARTS) is 1. The second-order valence-electron chi connectivity index (χ2n) is 6.67. The molecule has 7 nitrogen and oxygen atoms in total. The second-order valence-corrected chi connectivity index (χ2v) is 8.00. The lowest BCUT2D eigenvalue weighted by molar-refractivity contribution is -0.139. The van der Waals surface area contributed by atoms with Gasteiger partial charge in [0.1, 0.15) is 11.6 Å². The van der Waals surface area contributed by atoms with Crippen molar-refractivity contribution in [3.05, 3.63) is 67.6 Å². The first-order chi connectivity index (χ1) is 14.3. The third kappa shape index (κ3) is 4.88. The van der Waals surface area contributed by atoms with Crippen molar-refractivity contribution in [1.82, 2.24) is 9.66 Å². The van der Waals surface area contributed by atoms with Crippen molar-refractivity contribution >= 4 is 50.6 Å². The molecule has 1 heterocycles. The Hall–Kier alpha value is -2.71. The lowest BCUT2D eigenvalue weighted by atomic mass is 10.1.